The molecule has 0 radical (unpaired) electrons. The highest BCUT2D eigenvalue weighted by molar-refractivity contribution is 5.03. The van der Waals surface area contributed by atoms with Gasteiger partial charge >= 0.3 is 0 Å². The van der Waals surface area contributed by atoms with E-state index in [1.54, 1.807) is 0 Å². The van der Waals surface area contributed by atoms with Gasteiger partial charge in [-0.25, -0.2) is 0 Å². The molecule has 0 aromatic rings. The van der Waals surface area contributed by atoms with E-state index >= 15 is 0 Å². The Kier molecular flexibility index (Phi) is 3.46. The quantitative estimate of drug-likeness (QED) is 0.375. The summed E-state index contributed by atoms with van der Waals surface area (Å²) >= 11 is 0. The van der Waals surface area contributed by atoms with Crippen molar-refractivity contribution in [3.8, 4) is 0 Å². The molecule has 0 unspecified atom stereocenters. The highest BCUT2D eigenvalue weighted by Gasteiger charge is 2.28. The molecule has 74 valence electrons. The molecule has 1 rings (SSSR count). The van der Waals surface area contributed by atoms with E-state index < -0.39 is 0 Å². The number of rotatable bonds is 2. The van der Waals surface area contributed by atoms with Gasteiger partial charge in [0.05, 0.1) is 0 Å². The maximum absolute atomic E-state index is 10.5. The molecule has 1 aliphatic rings. The van der Waals surface area contributed by atoms with E-state index in [1.165, 1.54) is 5.57 Å². The minimum Gasteiger partial charge on any atom is -0.264 e. The van der Waals surface area contributed by atoms with Gasteiger partial charge in [0.2, 0.25) is 6.04 Å². The number of hydrogen-bond donors (Lipinski definition) is 0. The summed E-state index contributed by atoms with van der Waals surface area (Å²) in [6.45, 7) is 4.16. The van der Waals surface area contributed by atoms with Crippen LogP contribution in [0.2, 0.25) is 0 Å². The fraction of sp³-hybridized carbons (Fsp3) is 0.800. The average Bonchev–Trinajstić information content (AvgIpc) is 2.17. The highest BCUT2D eigenvalue weighted by atomic mass is 16.6. The van der Waals surface area contributed by atoms with Crippen molar-refractivity contribution in [3.05, 3.63) is 21.8 Å². The van der Waals surface area contributed by atoms with Crippen molar-refractivity contribution in [1.82, 2.24) is 0 Å². The monoisotopic (exact) mass is 183 g/mol. The molecular formula is C10H17NO2. The summed E-state index contributed by atoms with van der Waals surface area (Å²) in [6.07, 6.45) is 5.60. The summed E-state index contributed by atoms with van der Waals surface area (Å²) in [5.41, 5.74) is 1.39. The summed E-state index contributed by atoms with van der Waals surface area (Å²) in [5, 5.41) is 10.5. The molecule has 0 atom stereocenters. The molecule has 3 heteroatoms. The first-order valence-electron chi connectivity index (χ1n) is 4.91. The fourth-order valence-electron chi connectivity index (χ4n) is 1.98. The number of nitrogens with zero attached hydrogens (tertiary/aromatic N) is 1. The molecule has 0 saturated heterocycles. The van der Waals surface area contributed by atoms with Crippen LogP contribution >= 0.6 is 0 Å². The van der Waals surface area contributed by atoms with Crippen molar-refractivity contribution >= 4 is 0 Å². The minimum absolute atomic E-state index is 0.124. The SMILES string of the molecule is C/C=C(\C)C1CCC([N+](=O)[O-])CC1. The normalized spacial score (nSPS) is 30.2. The van der Waals surface area contributed by atoms with Crippen LogP contribution in [0.5, 0.6) is 0 Å². The zero-order valence-corrected chi connectivity index (χ0v) is 8.32. The highest BCUT2D eigenvalue weighted by Crippen LogP contribution is 2.30. The predicted octanol–water partition coefficient (Wildman–Crippen LogP) is 2.79. The maximum atomic E-state index is 10.5. The van der Waals surface area contributed by atoms with Gasteiger partial charge in [0, 0.05) is 17.8 Å². The first-order chi connectivity index (χ1) is 6.15. The van der Waals surface area contributed by atoms with Gasteiger partial charge in [0.15, 0.2) is 0 Å². The van der Waals surface area contributed by atoms with Crippen LogP contribution in [-0.4, -0.2) is 11.0 Å². The van der Waals surface area contributed by atoms with Crippen molar-refractivity contribution in [2.75, 3.05) is 0 Å². The van der Waals surface area contributed by atoms with Crippen LogP contribution < -0.4 is 0 Å². The minimum atomic E-state index is -0.277. The summed E-state index contributed by atoms with van der Waals surface area (Å²) in [4.78, 5) is 10.4. The van der Waals surface area contributed by atoms with E-state index in [0.29, 0.717) is 5.92 Å². The standard InChI is InChI=1S/C10H17NO2/c1-3-8(2)9-4-6-10(7-5-9)11(12)13/h3,9-10H,4-7H2,1-2H3/b8-3+. The molecule has 0 spiro atoms. The molecule has 0 aromatic heterocycles. The smallest absolute Gasteiger partial charge is 0.213 e. The second kappa shape index (κ2) is 4.40. The van der Waals surface area contributed by atoms with E-state index in [2.05, 4.69) is 13.0 Å². The van der Waals surface area contributed by atoms with Gasteiger partial charge in [-0.05, 0) is 32.6 Å². The topological polar surface area (TPSA) is 43.1 Å². The van der Waals surface area contributed by atoms with Crippen molar-refractivity contribution < 1.29 is 4.92 Å². The molecule has 0 bridgehead atoms. The predicted molar refractivity (Wildman–Crippen MR) is 52.2 cm³/mol. The maximum Gasteiger partial charge on any atom is 0.213 e. The van der Waals surface area contributed by atoms with Gasteiger partial charge in [0.25, 0.3) is 0 Å². The van der Waals surface area contributed by atoms with Crippen LogP contribution in [0.15, 0.2) is 11.6 Å². The Bertz CT molecular complexity index is 215. The van der Waals surface area contributed by atoms with Crippen LogP contribution in [0.4, 0.5) is 0 Å². The van der Waals surface area contributed by atoms with Crippen LogP contribution in [0.1, 0.15) is 39.5 Å². The van der Waals surface area contributed by atoms with Gasteiger partial charge in [-0.3, -0.25) is 10.1 Å². The van der Waals surface area contributed by atoms with Gasteiger partial charge in [0.1, 0.15) is 0 Å². The Hall–Kier alpha value is -0.860. The molecule has 0 N–H and O–H groups in total. The Morgan fingerprint density at radius 2 is 1.92 bits per heavy atom. The molecular weight excluding hydrogens is 166 g/mol. The zero-order chi connectivity index (χ0) is 9.84. The molecule has 13 heavy (non-hydrogen) atoms. The van der Waals surface area contributed by atoms with Gasteiger partial charge in [-0.2, -0.15) is 0 Å². The van der Waals surface area contributed by atoms with E-state index in [0.717, 1.165) is 25.7 Å². The second-order valence-corrected chi connectivity index (χ2v) is 3.82. The zero-order valence-electron chi connectivity index (χ0n) is 8.32. The summed E-state index contributed by atoms with van der Waals surface area (Å²) in [6, 6.07) is -0.277. The third-order valence-electron chi connectivity index (χ3n) is 3.09. The molecule has 0 aromatic carbocycles. The largest absolute Gasteiger partial charge is 0.264 e. The first kappa shape index (κ1) is 10.2. The van der Waals surface area contributed by atoms with Crippen molar-refractivity contribution in [2.24, 2.45) is 5.92 Å². The summed E-state index contributed by atoms with van der Waals surface area (Å²) in [5.74, 6) is 0.598. The molecule has 1 fully saturated rings. The fourth-order valence-corrected chi connectivity index (χ4v) is 1.98. The third-order valence-corrected chi connectivity index (χ3v) is 3.09. The number of nitro groups is 1. The Morgan fingerprint density at radius 3 is 2.31 bits per heavy atom. The van der Waals surface area contributed by atoms with E-state index in [4.69, 9.17) is 0 Å². The molecule has 1 saturated carbocycles. The molecule has 0 aliphatic heterocycles. The molecule has 0 heterocycles. The van der Waals surface area contributed by atoms with Gasteiger partial charge < -0.3 is 0 Å². The van der Waals surface area contributed by atoms with Crippen molar-refractivity contribution in [3.63, 3.8) is 0 Å². The first-order valence-corrected chi connectivity index (χ1v) is 4.91. The number of hydrogen-bond acceptors (Lipinski definition) is 2. The van der Waals surface area contributed by atoms with E-state index in [1.807, 2.05) is 6.92 Å². The lowest BCUT2D eigenvalue weighted by molar-refractivity contribution is -0.526. The van der Waals surface area contributed by atoms with Crippen molar-refractivity contribution in [1.29, 1.82) is 0 Å². The van der Waals surface area contributed by atoms with Crippen LogP contribution in [0.3, 0.4) is 0 Å². The Morgan fingerprint density at radius 1 is 1.38 bits per heavy atom. The van der Waals surface area contributed by atoms with E-state index in [9.17, 15) is 10.1 Å². The lowest BCUT2D eigenvalue weighted by atomic mass is 9.82. The Labute approximate surface area is 79.0 Å². The Balaban J connectivity index is 2.43. The average molecular weight is 183 g/mol. The van der Waals surface area contributed by atoms with E-state index in [-0.39, 0.29) is 11.0 Å². The molecule has 3 nitrogen and oxygen atoms in total. The number of allylic oxidation sites excluding steroid dienone is 2. The lowest BCUT2D eigenvalue weighted by Crippen LogP contribution is -2.26. The van der Waals surface area contributed by atoms with Crippen molar-refractivity contribution in [2.45, 2.75) is 45.6 Å². The van der Waals surface area contributed by atoms with Crippen LogP contribution in [0, 0.1) is 16.0 Å². The van der Waals surface area contributed by atoms with Crippen LogP contribution in [0.25, 0.3) is 0 Å². The second-order valence-electron chi connectivity index (χ2n) is 3.82. The lowest BCUT2D eigenvalue weighted by Gasteiger charge is -2.24. The summed E-state index contributed by atoms with van der Waals surface area (Å²) in [7, 11) is 0. The third kappa shape index (κ3) is 2.54. The molecule has 1 aliphatic carbocycles. The summed E-state index contributed by atoms with van der Waals surface area (Å²) < 4.78 is 0. The van der Waals surface area contributed by atoms with Gasteiger partial charge in [-0.15, -0.1) is 0 Å². The van der Waals surface area contributed by atoms with Crippen LogP contribution in [-0.2, 0) is 0 Å². The molecule has 0 amide bonds. The van der Waals surface area contributed by atoms with Gasteiger partial charge in [-0.1, -0.05) is 11.6 Å².